The molecule has 8 heteroatoms. The largest absolute Gasteiger partial charge is 0.478 e. The SMILES string of the molecule is CC(CN=C=O)/C(C(=O)O)=C(/CCN=C=O)C(=O)O. The molecule has 0 heterocycles. The van der Waals surface area contributed by atoms with Gasteiger partial charge in [-0.2, -0.15) is 0 Å². The summed E-state index contributed by atoms with van der Waals surface area (Å²) in [5.41, 5.74) is -0.743. The molecule has 0 saturated carbocycles. The summed E-state index contributed by atoms with van der Waals surface area (Å²) in [4.78, 5) is 48.5. The molecule has 1 unspecified atom stereocenters. The average Bonchev–Trinajstić information content (AvgIpc) is 2.34. The minimum atomic E-state index is -1.42. The van der Waals surface area contributed by atoms with E-state index in [0.29, 0.717) is 0 Å². The van der Waals surface area contributed by atoms with Crippen molar-refractivity contribution in [2.45, 2.75) is 13.3 Å². The first kappa shape index (κ1) is 16.4. The van der Waals surface area contributed by atoms with Gasteiger partial charge in [0.1, 0.15) is 0 Å². The molecule has 102 valence electrons. The van der Waals surface area contributed by atoms with Crippen LogP contribution in [0.15, 0.2) is 21.1 Å². The number of aliphatic imine (C=N–C) groups is 2. The van der Waals surface area contributed by atoms with Crippen molar-refractivity contribution < 1.29 is 29.4 Å². The van der Waals surface area contributed by atoms with Crippen LogP contribution in [-0.4, -0.2) is 47.4 Å². The minimum Gasteiger partial charge on any atom is -0.478 e. The molecular weight excluding hydrogens is 256 g/mol. The summed E-state index contributed by atoms with van der Waals surface area (Å²) in [6, 6.07) is 0. The maximum atomic E-state index is 11.1. The Bertz CT molecular complexity index is 483. The molecule has 0 fully saturated rings. The van der Waals surface area contributed by atoms with E-state index in [0.717, 1.165) is 0 Å². The van der Waals surface area contributed by atoms with E-state index in [4.69, 9.17) is 10.2 Å². The lowest BCUT2D eigenvalue weighted by Gasteiger charge is -2.12. The highest BCUT2D eigenvalue weighted by Crippen LogP contribution is 2.19. The third-order valence-corrected chi connectivity index (χ3v) is 2.27. The first-order valence-corrected chi connectivity index (χ1v) is 5.22. The third kappa shape index (κ3) is 5.54. The molecule has 0 spiro atoms. The van der Waals surface area contributed by atoms with Gasteiger partial charge in [-0.25, -0.2) is 29.2 Å². The van der Waals surface area contributed by atoms with E-state index in [9.17, 15) is 19.2 Å². The van der Waals surface area contributed by atoms with Crippen LogP contribution in [0, 0.1) is 5.92 Å². The Kier molecular flexibility index (Phi) is 7.37. The smallest absolute Gasteiger partial charge is 0.332 e. The molecule has 0 bridgehead atoms. The number of nitrogens with zero attached hydrogens (tertiary/aromatic N) is 2. The molecule has 0 saturated heterocycles. The first-order valence-electron chi connectivity index (χ1n) is 5.22. The molecule has 19 heavy (non-hydrogen) atoms. The Morgan fingerprint density at radius 1 is 1.11 bits per heavy atom. The second kappa shape index (κ2) is 8.52. The Morgan fingerprint density at radius 3 is 2.11 bits per heavy atom. The van der Waals surface area contributed by atoms with Crippen LogP contribution in [-0.2, 0) is 19.2 Å². The number of hydrogen-bond donors (Lipinski definition) is 2. The number of carboxylic acid groups (broad SMARTS) is 2. The van der Waals surface area contributed by atoms with Gasteiger partial charge < -0.3 is 10.2 Å². The molecule has 8 nitrogen and oxygen atoms in total. The molecule has 0 aromatic rings. The minimum absolute atomic E-state index is 0.175. The molecular formula is C11H12N2O6. The van der Waals surface area contributed by atoms with Crippen molar-refractivity contribution in [1.82, 2.24) is 0 Å². The van der Waals surface area contributed by atoms with E-state index < -0.39 is 17.9 Å². The molecule has 0 rings (SSSR count). The number of aliphatic carboxylic acids is 2. The van der Waals surface area contributed by atoms with E-state index in [1.807, 2.05) is 0 Å². The van der Waals surface area contributed by atoms with Crippen LogP contribution >= 0.6 is 0 Å². The third-order valence-electron chi connectivity index (χ3n) is 2.27. The molecule has 0 amide bonds. The van der Waals surface area contributed by atoms with Crippen LogP contribution < -0.4 is 0 Å². The van der Waals surface area contributed by atoms with Gasteiger partial charge in [0.15, 0.2) is 0 Å². The summed E-state index contributed by atoms with van der Waals surface area (Å²) < 4.78 is 0. The van der Waals surface area contributed by atoms with Gasteiger partial charge in [0.2, 0.25) is 12.2 Å². The lowest BCUT2D eigenvalue weighted by molar-refractivity contribution is -0.136. The molecule has 2 N–H and O–H groups in total. The topological polar surface area (TPSA) is 133 Å². The van der Waals surface area contributed by atoms with Crippen molar-refractivity contribution in [2.75, 3.05) is 13.1 Å². The zero-order valence-electron chi connectivity index (χ0n) is 10.1. The number of carbonyl (C=O) groups is 2. The fraction of sp³-hybridized carbons (Fsp3) is 0.455. The van der Waals surface area contributed by atoms with E-state index in [1.165, 1.54) is 19.1 Å². The zero-order chi connectivity index (χ0) is 14.8. The summed E-state index contributed by atoms with van der Waals surface area (Å²) >= 11 is 0. The second-order valence-corrected chi connectivity index (χ2v) is 3.56. The Hall–Kier alpha value is -2.56. The quantitative estimate of drug-likeness (QED) is 0.365. The van der Waals surface area contributed by atoms with Crippen LogP contribution in [0.4, 0.5) is 0 Å². The van der Waals surface area contributed by atoms with Crippen molar-refractivity contribution in [2.24, 2.45) is 15.9 Å². The van der Waals surface area contributed by atoms with Crippen LogP contribution in [0.1, 0.15) is 13.3 Å². The highest BCUT2D eigenvalue weighted by molar-refractivity contribution is 5.99. The van der Waals surface area contributed by atoms with Gasteiger partial charge in [0, 0.05) is 17.9 Å². The molecule has 0 aliphatic rings. The number of carbonyl (C=O) groups excluding carboxylic acids is 2. The van der Waals surface area contributed by atoms with Crippen LogP contribution in [0.5, 0.6) is 0 Å². The maximum absolute atomic E-state index is 11.1. The molecule has 0 aliphatic heterocycles. The van der Waals surface area contributed by atoms with Gasteiger partial charge in [0.25, 0.3) is 0 Å². The fourth-order valence-corrected chi connectivity index (χ4v) is 1.47. The monoisotopic (exact) mass is 268 g/mol. The maximum Gasteiger partial charge on any atom is 0.332 e. The Morgan fingerprint density at radius 2 is 1.68 bits per heavy atom. The van der Waals surface area contributed by atoms with Crippen molar-refractivity contribution in [1.29, 1.82) is 0 Å². The Balaban J connectivity index is 5.46. The zero-order valence-corrected chi connectivity index (χ0v) is 10.1. The van der Waals surface area contributed by atoms with Crippen molar-refractivity contribution >= 4 is 24.1 Å². The van der Waals surface area contributed by atoms with Crippen LogP contribution in [0.2, 0.25) is 0 Å². The summed E-state index contributed by atoms with van der Waals surface area (Å²) in [5.74, 6) is -3.60. The van der Waals surface area contributed by atoms with E-state index in [2.05, 4.69) is 9.98 Å². The molecule has 0 radical (unpaired) electrons. The fourth-order valence-electron chi connectivity index (χ4n) is 1.47. The average molecular weight is 268 g/mol. The normalized spacial score (nSPS) is 12.5. The number of carboxylic acids is 2. The number of hydrogen-bond acceptors (Lipinski definition) is 6. The van der Waals surface area contributed by atoms with E-state index in [-0.39, 0.29) is 30.7 Å². The van der Waals surface area contributed by atoms with Crippen LogP contribution in [0.25, 0.3) is 0 Å². The second-order valence-electron chi connectivity index (χ2n) is 3.56. The van der Waals surface area contributed by atoms with E-state index in [1.54, 1.807) is 0 Å². The van der Waals surface area contributed by atoms with Gasteiger partial charge in [-0.3, -0.25) is 0 Å². The van der Waals surface area contributed by atoms with Gasteiger partial charge in [-0.05, 0) is 0 Å². The first-order chi connectivity index (χ1) is 8.95. The van der Waals surface area contributed by atoms with Crippen molar-refractivity contribution in [3.63, 3.8) is 0 Å². The summed E-state index contributed by atoms with van der Waals surface area (Å²) in [5, 5.41) is 18.0. The van der Waals surface area contributed by atoms with Crippen LogP contribution in [0.3, 0.4) is 0 Å². The van der Waals surface area contributed by atoms with E-state index >= 15 is 0 Å². The summed E-state index contributed by atoms with van der Waals surface area (Å²) in [6.45, 7) is 1.07. The van der Waals surface area contributed by atoms with Gasteiger partial charge in [-0.1, -0.05) is 6.92 Å². The van der Waals surface area contributed by atoms with Gasteiger partial charge in [-0.15, -0.1) is 0 Å². The van der Waals surface area contributed by atoms with Gasteiger partial charge in [0.05, 0.1) is 18.7 Å². The lowest BCUT2D eigenvalue weighted by Crippen LogP contribution is -2.19. The van der Waals surface area contributed by atoms with Crippen molar-refractivity contribution in [3.05, 3.63) is 11.1 Å². The highest BCUT2D eigenvalue weighted by atomic mass is 16.4. The lowest BCUT2D eigenvalue weighted by atomic mass is 9.94. The number of isocyanates is 2. The standard InChI is InChI=1S/C11H12N2O6/c1-7(4-13-6-15)9(11(18)19)8(10(16)17)2-3-12-5-14/h7H,2-4H2,1H3,(H,16,17)(H,18,19)/b9-8+. The van der Waals surface area contributed by atoms with Gasteiger partial charge >= 0.3 is 11.9 Å². The molecule has 0 aromatic heterocycles. The van der Waals surface area contributed by atoms with Crippen molar-refractivity contribution in [3.8, 4) is 0 Å². The predicted molar refractivity (Wildman–Crippen MR) is 62.1 cm³/mol. The molecule has 0 aromatic carbocycles. The summed E-state index contributed by atoms with van der Waals surface area (Å²) in [6.07, 6.45) is 2.27. The highest BCUT2D eigenvalue weighted by Gasteiger charge is 2.24. The Labute approximate surface area is 108 Å². The number of rotatable bonds is 8. The summed E-state index contributed by atoms with van der Waals surface area (Å²) in [7, 11) is 0. The predicted octanol–water partition coefficient (Wildman–Crippen LogP) is 0.150. The molecule has 1 atom stereocenters. The molecule has 0 aliphatic carbocycles.